The zero-order valence-electron chi connectivity index (χ0n) is 22.1. The molecule has 2 aromatic carbocycles. The highest BCUT2D eigenvalue weighted by atomic mass is 32.2. The Labute approximate surface area is 236 Å². The highest BCUT2D eigenvalue weighted by Crippen LogP contribution is 2.44. The first-order valence-corrected chi connectivity index (χ1v) is 14.0. The summed E-state index contributed by atoms with van der Waals surface area (Å²) in [6, 6.07) is 6.45. The van der Waals surface area contributed by atoms with Gasteiger partial charge in [0.15, 0.2) is 0 Å². The van der Waals surface area contributed by atoms with Gasteiger partial charge in [0.05, 0.1) is 28.6 Å². The molecule has 1 aliphatic heterocycles. The lowest BCUT2D eigenvalue weighted by atomic mass is 9.95. The summed E-state index contributed by atoms with van der Waals surface area (Å²) in [5.74, 6) is -2.17. The van der Waals surface area contributed by atoms with E-state index in [2.05, 4.69) is 10.1 Å². The smallest absolute Gasteiger partial charge is 0.427 e. The molecule has 2 atom stereocenters. The third-order valence-electron chi connectivity index (χ3n) is 6.94. The third-order valence-corrected chi connectivity index (χ3v) is 8.72. The molecule has 1 saturated carbocycles. The van der Waals surface area contributed by atoms with Gasteiger partial charge in [-0.25, -0.2) is 13.2 Å². The average Bonchev–Trinajstić information content (AvgIpc) is 3.70. The van der Waals surface area contributed by atoms with E-state index in [9.17, 15) is 49.5 Å². The SMILES string of the molecule is CC(C)(OC(=O)Nc1ccc2c(c1)N(S(=O)(=O)c1cccc(C(F)(F)F)c1)CC(CC(C(=O)O)C1CC1)O2)C(F)(F)F. The molecule has 9 nitrogen and oxygen atoms in total. The van der Waals surface area contributed by atoms with Crippen LogP contribution in [0.15, 0.2) is 47.4 Å². The molecule has 0 bridgehead atoms. The molecule has 1 amide bonds. The molecule has 2 aromatic rings. The van der Waals surface area contributed by atoms with Gasteiger partial charge in [-0.1, -0.05) is 6.07 Å². The second-order valence-corrected chi connectivity index (χ2v) is 12.4. The van der Waals surface area contributed by atoms with Crippen molar-refractivity contribution in [3.05, 3.63) is 48.0 Å². The van der Waals surface area contributed by atoms with E-state index in [0.29, 0.717) is 38.8 Å². The molecule has 42 heavy (non-hydrogen) atoms. The van der Waals surface area contributed by atoms with Crippen LogP contribution in [0.3, 0.4) is 0 Å². The Balaban J connectivity index is 1.70. The van der Waals surface area contributed by atoms with Crippen LogP contribution in [0.2, 0.25) is 0 Å². The second kappa shape index (κ2) is 10.9. The summed E-state index contributed by atoms with van der Waals surface area (Å²) in [7, 11) is -4.73. The zero-order chi connectivity index (χ0) is 31.3. The molecule has 230 valence electrons. The van der Waals surface area contributed by atoms with Gasteiger partial charge in [-0.3, -0.25) is 14.4 Å². The van der Waals surface area contributed by atoms with Gasteiger partial charge in [0.1, 0.15) is 11.9 Å². The van der Waals surface area contributed by atoms with Gasteiger partial charge in [0.2, 0.25) is 5.60 Å². The molecule has 16 heteroatoms. The number of carboxylic acid groups (broad SMARTS) is 1. The number of carbonyl (C=O) groups is 2. The number of fused-ring (bicyclic) bond motifs is 1. The van der Waals surface area contributed by atoms with Crippen LogP contribution in [0.1, 0.15) is 38.7 Å². The van der Waals surface area contributed by atoms with E-state index in [0.717, 1.165) is 22.5 Å². The molecule has 2 N–H and O–H groups in total. The largest absolute Gasteiger partial charge is 0.486 e. The van der Waals surface area contributed by atoms with Crippen LogP contribution < -0.4 is 14.4 Å². The van der Waals surface area contributed by atoms with Crippen molar-refractivity contribution < 1.29 is 58.9 Å². The van der Waals surface area contributed by atoms with Crippen LogP contribution in [0.5, 0.6) is 5.75 Å². The zero-order valence-corrected chi connectivity index (χ0v) is 22.9. The molecule has 2 unspecified atom stereocenters. The number of sulfonamides is 1. The number of carboxylic acids is 1. The number of rotatable bonds is 8. The lowest BCUT2D eigenvalue weighted by Gasteiger charge is -2.36. The summed E-state index contributed by atoms with van der Waals surface area (Å²) in [4.78, 5) is 23.3. The third kappa shape index (κ3) is 6.68. The minimum absolute atomic E-state index is 0.0904. The predicted molar refractivity (Wildman–Crippen MR) is 136 cm³/mol. The maximum Gasteiger partial charge on any atom is 0.427 e. The van der Waals surface area contributed by atoms with Crippen LogP contribution in [0.25, 0.3) is 0 Å². The first-order chi connectivity index (χ1) is 19.3. The Morgan fingerprint density at radius 2 is 1.76 bits per heavy atom. The quantitative estimate of drug-likeness (QED) is 0.343. The number of carbonyl (C=O) groups excluding carboxylic acids is 1. The second-order valence-electron chi connectivity index (χ2n) is 10.5. The molecular weight excluding hydrogens is 598 g/mol. The summed E-state index contributed by atoms with van der Waals surface area (Å²) >= 11 is 0. The predicted octanol–water partition coefficient (Wildman–Crippen LogP) is 6.05. The van der Waals surface area contributed by atoms with Gasteiger partial charge in [0.25, 0.3) is 10.0 Å². The number of nitrogens with zero attached hydrogens (tertiary/aromatic N) is 1. The maximum absolute atomic E-state index is 13.7. The van der Waals surface area contributed by atoms with Gasteiger partial charge in [-0.2, -0.15) is 26.3 Å². The van der Waals surface area contributed by atoms with Gasteiger partial charge in [-0.05, 0) is 75.4 Å². The maximum atomic E-state index is 13.7. The normalized spacial score (nSPS) is 18.5. The number of hydrogen-bond acceptors (Lipinski definition) is 6. The topological polar surface area (TPSA) is 122 Å². The van der Waals surface area contributed by atoms with Crippen molar-refractivity contribution in [1.82, 2.24) is 0 Å². The molecule has 2 aliphatic rings. The van der Waals surface area contributed by atoms with E-state index in [4.69, 9.17) is 4.74 Å². The number of anilines is 2. The lowest BCUT2D eigenvalue weighted by molar-refractivity contribution is -0.242. The molecule has 4 rings (SSSR count). The van der Waals surface area contributed by atoms with Crippen molar-refractivity contribution in [2.45, 2.75) is 62.1 Å². The van der Waals surface area contributed by atoms with Gasteiger partial charge in [-0.15, -0.1) is 0 Å². The number of amides is 1. The summed E-state index contributed by atoms with van der Waals surface area (Å²) in [5.41, 5.74) is -4.53. The van der Waals surface area contributed by atoms with E-state index in [1.807, 2.05) is 0 Å². The van der Waals surface area contributed by atoms with Crippen molar-refractivity contribution in [2.24, 2.45) is 11.8 Å². The fourth-order valence-corrected chi connectivity index (χ4v) is 5.95. The summed E-state index contributed by atoms with van der Waals surface area (Å²) in [6.07, 6.45) is -11.0. The minimum atomic E-state index is -4.90. The number of ether oxygens (including phenoxy) is 2. The number of benzene rings is 2. The Kier molecular flexibility index (Phi) is 8.08. The number of nitrogens with one attached hydrogen (secondary N) is 1. The van der Waals surface area contributed by atoms with Crippen LogP contribution >= 0.6 is 0 Å². The fourth-order valence-electron chi connectivity index (χ4n) is 4.41. The summed E-state index contributed by atoms with van der Waals surface area (Å²) in [6.45, 7) is 0.767. The van der Waals surface area contributed by atoms with Crippen LogP contribution in [0, 0.1) is 11.8 Å². The van der Waals surface area contributed by atoms with Crippen LogP contribution in [-0.4, -0.2) is 50.0 Å². The van der Waals surface area contributed by atoms with Crippen molar-refractivity contribution in [2.75, 3.05) is 16.2 Å². The van der Waals surface area contributed by atoms with Crippen molar-refractivity contribution in [3.8, 4) is 5.75 Å². The van der Waals surface area contributed by atoms with Crippen molar-refractivity contribution in [1.29, 1.82) is 0 Å². The highest BCUT2D eigenvalue weighted by molar-refractivity contribution is 7.92. The molecule has 1 aliphatic carbocycles. The first kappa shape index (κ1) is 31.3. The molecule has 1 fully saturated rings. The van der Waals surface area contributed by atoms with Crippen molar-refractivity contribution >= 4 is 33.5 Å². The standard InChI is InChI=1S/C26H26F6N2O7S/c1-24(2,26(30,31)32)41-23(37)33-16-8-9-21-20(11-16)34(13-17(40-21)12-19(22(35)36)14-6-7-14)42(38,39)18-5-3-4-15(10-18)25(27,28)29/h3-5,8-11,14,17,19H,6-7,12-13H2,1-2H3,(H,33,37)(H,35,36). The molecule has 1 heterocycles. The highest BCUT2D eigenvalue weighted by Gasteiger charge is 2.51. The van der Waals surface area contributed by atoms with Crippen LogP contribution in [-0.2, 0) is 25.7 Å². The number of alkyl halides is 6. The van der Waals surface area contributed by atoms with Gasteiger partial charge < -0.3 is 14.6 Å². The van der Waals surface area contributed by atoms with E-state index in [-0.39, 0.29) is 29.5 Å². The monoisotopic (exact) mass is 624 g/mol. The summed E-state index contributed by atoms with van der Waals surface area (Å²) < 4.78 is 118. The van der Waals surface area contributed by atoms with E-state index in [1.54, 1.807) is 0 Å². The van der Waals surface area contributed by atoms with Crippen LogP contribution in [0.4, 0.5) is 42.5 Å². The van der Waals surface area contributed by atoms with E-state index < -0.39 is 69.1 Å². The Morgan fingerprint density at radius 3 is 2.33 bits per heavy atom. The van der Waals surface area contributed by atoms with E-state index >= 15 is 0 Å². The number of halogens is 6. The Hall–Kier alpha value is -3.69. The number of hydrogen-bond donors (Lipinski definition) is 2. The average molecular weight is 625 g/mol. The fraction of sp³-hybridized carbons (Fsp3) is 0.462. The number of aliphatic carboxylic acids is 1. The van der Waals surface area contributed by atoms with Gasteiger partial charge in [0, 0.05) is 5.69 Å². The summed E-state index contributed by atoms with van der Waals surface area (Å²) in [5, 5.41) is 11.7. The molecular formula is C26H26F6N2O7S. The van der Waals surface area contributed by atoms with Crippen molar-refractivity contribution in [3.63, 3.8) is 0 Å². The van der Waals surface area contributed by atoms with Gasteiger partial charge >= 0.3 is 24.4 Å². The molecule has 0 saturated heterocycles. The first-order valence-electron chi connectivity index (χ1n) is 12.6. The Bertz CT molecular complexity index is 1470. The molecule has 0 radical (unpaired) electrons. The minimum Gasteiger partial charge on any atom is -0.486 e. The molecule has 0 aromatic heterocycles. The lowest BCUT2D eigenvalue weighted by Crippen LogP contribution is -2.45. The Morgan fingerprint density at radius 1 is 1.10 bits per heavy atom. The molecule has 0 spiro atoms. The van der Waals surface area contributed by atoms with E-state index in [1.165, 1.54) is 12.1 Å².